The summed E-state index contributed by atoms with van der Waals surface area (Å²) >= 11 is 0. The molecule has 1 saturated heterocycles. The van der Waals surface area contributed by atoms with Gasteiger partial charge in [0.2, 0.25) is 5.91 Å². The second-order valence-corrected chi connectivity index (χ2v) is 7.64. The van der Waals surface area contributed by atoms with Crippen molar-refractivity contribution < 1.29 is 9.21 Å². The lowest BCUT2D eigenvalue weighted by Crippen LogP contribution is -2.40. The largest absolute Gasteiger partial charge is 0.465 e. The van der Waals surface area contributed by atoms with Crippen LogP contribution in [0.5, 0.6) is 0 Å². The van der Waals surface area contributed by atoms with Crippen LogP contribution >= 0.6 is 0 Å². The van der Waals surface area contributed by atoms with Crippen molar-refractivity contribution in [3.63, 3.8) is 0 Å². The molecule has 1 fully saturated rings. The average molecular weight is 390 g/mol. The molecule has 1 aromatic carbocycles. The summed E-state index contributed by atoms with van der Waals surface area (Å²) < 4.78 is 5.51. The zero-order chi connectivity index (χ0) is 20.2. The number of carbonyl (C=O) groups excluding carboxylic acids is 1. The normalized spacial score (nSPS) is 14.8. The molecule has 29 heavy (non-hydrogen) atoms. The summed E-state index contributed by atoms with van der Waals surface area (Å²) in [5.74, 6) is 2.64. The molecular weight excluding hydrogens is 364 g/mol. The summed E-state index contributed by atoms with van der Waals surface area (Å²) in [7, 11) is 0. The Labute approximate surface area is 170 Å². The lowest BCUT2D eigenvalue weighted by molar-refractivity contribution is -0.125. The van der Waals surface area contributed by atoms with Crippen LogP contribution in [0.15, 0.2) is 52.9 Å². The van der Waals surface area contributed by atoms with E-state index in [2.05, 4.69) is 39.5 Å². The molecule has 150 valence electrons. The van der Waals surface area contributed by atoms with E-state index in [0.29, 0.717) is 6.54 Å². The average Bonchev–Trinajstić information content (AvgIpc) is 3.17. The molecule has 1 N–H and O–H groups in total. The Bertz CT molecular complexity index is 973. The Hall–Kier alpha value is -3.15. The smallest absolute Gasteiger partial charge is 0.223 e. The monoisotopic (exact) mass is 390 g/mol. The number of piperidine rings is 1. The molecule has 1 aliphatic heterocycles. The van der Waals surface area contributed by atoms with Gasteiger partial charge >= 0.3 is 0 Å². The van der Waals surface area contributed by atoms with Gasteiger partial charge in [0.25, 0.3) is 0 Å². The number of nitrogens with one attached hydrogen (secondary N) is 1. The van der Waals surface area contributed by atoms with Crippen LogP contribution in [0.2, 0.25) is 0 Å². The van der Waals surface area contributed by atoms with Gasteiger partial charge in [0, 0.05) is 24.6 Å². The van der Waals surface area contributed by atoms with Gasteiger partial charge in [-0.15, -0.1) is 10.2 Å². The predicted octanol–water partition coefficient (Wildman–Crippen LogP) is 3.89. The number of benzene rings is 1. The number of amides is 1. The molecule has 1 amide bonds. The van der Waals surface area contributed by atoms with Gasteiger partial charge in [0.1, 0.15) is 11.5 Å². The Kier molecular flexibility index (Phi) is 5.60. The van der Waals surface area contributed by atoms with E-state index in [1.807, 2.05) is 43.3 Å². The minimum absolute atomic E-state index is 0.0295. The van der Waals surface area contributed by atoms with Crippen LogP contribution < -0.4 is 10.2 Å². The second-order valence-electron chi connectivity index (χ2n) is 7.64. The van der Waals surface area contributed by atoms with Gasteiger partial charge in [-0.25, -0.2) is 0 Å². The molecule has 0 unspecified atom stereocenters. The molecule has 6 heteroatoms. The molecule has 0 aliphatic carbocycles. The Morgan fingerprint density at radius 1 is 1.10 bits per heavy atom. The number of anilines is 1. The molecule has 0 radical (unpaired) electrons. The first-order valence-electron chi connectivity index (χ1n) is 10.1. The molecular formula is C23H26N4O2. The molecule has 2 aromatic heterocycles. The first kappa shape index (κ1) is 19.2. The van der Waals surface area contributed by atoms with Crippen molar-refractivity contribution in [2.75, 3.05) is 18.0 Å². The number of hydrogen-bond acceptors (Lipinski definition) is 5. The summed E-state index contributed by atoms with van der Waals surface area (Å²) in [5.41, 5.74) is 3.15. The van der Waals surface area contributed by atoms with E-state index in [-0.39, 0.29) is 11.8 Å². The Morgan fingerprint density at radius 3 is 2.59 bits per heavy atom. The van der Waals surface area contributed by atoms with Crippen LogP contribution in [-0.2, 0) is 11.3 Å². The summed E-state index contributed by atoms with van der Waals surface area (Å²) in [6, 6.07) is 16.1. The van der Waals surface area contributed by atoms with Crippen LogP contribution in [0.3, 0.4) is 0 Å². The van der Waals surface area contributed by atoms with Gasteiger partial charge in [0.15, 0.2) is 5.82 Å². The SMILES string of the molecule is Cc1cccc(-c2ccc(N3CCC(C(=O)NCc4ccc(C)o4)CC3)nn2)c1. The highest BCUT2D eigenvalue weighted by Crippen LogP contribution is 2.24. The minimum atomic E-state index is 0.0295. The number of carbonyl (C=O) groups is 1. The van der Waals surface area contributed by atoms with Crippen LogP contribution in [0.1, 0.15) is 29.9 Å². The van der Waals surface area contributed by atoms with E-state index >= 15 is 0 Å². The standard InChI is InChI=1S/C23H26N4O2/c1-16-4-3-5-19(14-16)21-8-9-22(26-25-21)27-12-10-18(11-13-27)23(28)24-15-20-7-6-17(2)29-20/h3-9,14,18H,10-13,15H2,1-2H3,(H,24,28). The maximum Gasteiger partial charge on any atom is 0.223 e. The zero-order valence-corrected chi connectivity index (χ0v) is 16.9. The summed E-state index contributed by atoms with van der Waals surface area (Å²) in [4.78, 5) is 14.7. The van der Waals surface area contributed by atoms with Gasteiger partial charge in [0.05, 0.1) is 12.2 Å². The van der Waals surface area contributed by atoms with Crippen molar-refractivity contribution in [1.29, 1.82) is 0 Å². The maximum absolute atomic E-state index is 12.5. The highest BCUT2D eigenvalue weighted by Gasteiger charge is 2.25. The Morgan fingerprint density at radius 2 is 1.93 bits per heavy atom. The maximum atomic E-state index is 12.5. The number of furan rings is 1. The van der Waals surface area contributed by atoms with Crippen molar-refractivity contribution >= 4 is 11.7 Å². The first-order chi connectivity index (χ1) is 14.1. The highest BCUT2D eigenvalue weighted by atomic mass is 16.3. The third kappa shape index (κ3) is 4.65. The van der Waals surface area contributed by atoms with Crippen molar-refractivity contribution in [3.8, 4) is 11.3 Å². The van der Waals surface area contributed by atoms with Crippen LogP contribution in [0.4, 0.5) is 5.82 Å². The van der Waals surface area contributed by atoms with E-state index in [1.165, 1.54) is 5.56 Å². The zero-order valence-electron chi connectivity index (χ0n) is 16.9. The van der Waals surface area contributed by atoms with E-state index in [9.17, 15) is 4.79 Å². The van der Waals surface area contributed by atoms with E-state index in [4.69, 9.17) is 4.42 Å². The highest BCUT2D eigenvalue weighted by molar-refractivity contribution is 5.78. The first-order valence-corrected chi connectivity index (χ1v) is 10.1. The van der Waals surface area contributed by atoms with E-state index in [1.54, 1.807) is 0 Å². The van der Waals surface area contributed by atoms with Gasteiger partial charge in [-0.2, -0.15) is 0 Å². The lowest BCUT2D eigenvalue weighted by atomic mass is 9.96. The quantitative estimate of drug-likeness (QED) is 0.716. The summed E-state index contributed by atoms with van der Waals surface area (Å²) in [6.45, 7) is 6.02. The fraction of sp³-hybridized carbons (Fsp3) is 0.348. The van der Waals surface area contributed by atoms with Crippen LogP contribution in [-0.4, -0.2) is 29.2 Å². The van der Waals surface area contributed by atoms with E-state index < -0.39 is 0 Å². The molecule has 0 bridgehead atoms. The van der Waals surface area contributed by atoms with Crippen molar-refractivity contribution in [3.05, 3.63) is 65.6 Å². The molecule has 4 rings (SSSR count). The third-order valence-corrected chi connectivity index (χ3v) is 5.39. The van der Waals surface area contributed by atoms with Crippen LogP contribution in [0.25, 0.3) is 11.3 Å². The predicted molar refractivity (Wildman–Crippen MR) is 112 cm³/mol. The summed E-state index contributed by atoms with van der Waals surface area (Å²) in [5, 5.41) is 11.8. The van der Waals surface area contributed by atoms with Crippen molar-refractivity contribution in [2.45, 2.75) is 33.2 Å². The third-order valence-electron chi connectivity index (χ3n) is 5.39. The van der Waals surface area contributed by atoms with Crippen molar-refractivity contribution in [2.24, 2.45) is 5.92 Å². The number of hydrogen-bond donors (Lipinski definition) is 1. The van der Waals surface area contributed by atoms with Gasteiger partial charge in [-0.1, -0.05) is 23.8 Å². The fourth-order valence-electron chi connectivity index (χ4n) is 3.72. The van der Waals surface area contributed by atoms with E-state index in [0.717, 1.165) is 54.5 Å². The fourth-order valence-corrected chi connectivity index (χ4v) is 3.72. The lowest BCUT2D eigenvalue weighted by Gasteiger charge is -2.31. The molecule has 0 saturated carbocycles. The molecule has 3 heterocycles. The summed E-state index contributed by atoms with van der Waals surface area (Å²) in [6.07, 6.45) is 1.62. The second kappa shape index (κ2) is 8.47. The molecule has 0 atom stereocenters. The number of aromatic nitrogens is 2. The molecule has 1 aliphatic rings. The van der Waals surface area contributed by atoms with Gasteiger partial charge < -0.3 is 14.6 Å². The van der Waals surface area contributed by atoms with Gasteiger partial charge in [-0.3, -0.25) is 4.79 Å². The van der Waals surface area contributed by atoms with Crippen molar-refractivity contribution in [1.82, 2.24) is 15.5 Å². The topological polar surface area (TPSA) is 71.3 Å². The number of aryl methyl sites for hydroxylation is 2. The number of nitrogens with zero attached hydrogens (tertiary/aromatic N) is 3. The Balaban J connectivity index is 1.30. The molecule has 0 spiro atoms. The number of rotatable bonds is 5. The minimum Gasteiger partial charge on any atom is -0.465 e. The molecule has 6 nitrogen and oxygen atoms in total. The molecule has 3 aromatic rings. The van der Waals surface area contributed by atoms with Gasteiger partial charge in [-0.05, 0) is 57.0 Å². The van der Waals surface area contributed by atoms with Crippen LogP contribution in [0, 0.1) is 19.8 Å².